The molecule has 0 bridgehead atoms. The van der Waals surface area contributed by atoms with Gasteiger partial charge in [0.15, 0.2) is 5.78 Å². The van der Waals surface area contributed by atoms with Crippen molar-refractivity contribution in [2.75, 3.05) is 19.0 Å². The molecule has 0 radical (unpaired) electrons. The molecule has 0 aliphatic carbocycles. The van der Waals surface area contributed by atoms with Gasteiger partial charge in [-0.1, -0.05) is 12.1 Å². The molecule has 7 nitrogen and oxygen atoms in total. The second kappa shape index (κ2) is 8.12. The largest absolute Gasteiger partial charge is 0.497 e. The van der Waals surface area contributed by atoms with Crippen molar-refractivity contribution < 1.29 is 22.7 Å². The number of ether oxygens (including phenoxy) is 1. The normalized spacial score (nSPS) is 17.3. The van der Waals surface area contributed by atoms with Crippen LogP contribution >= 0.6 is 0 Å². The monoisotopic (exact) mass is 402 g/mol. The number of nitrogens with zero attached hydrogens (tertiary/aromatic N) is 1. The lowest BCUT2D eigenvalue weighted by Gasteiger charge is -2.24. The second-order valence-electron chi connectivity index (χ2n) is 6.54. The standard InChI is InChI=1S/C20H22N2O5S/c1-14(23)17-6-3-4-7-18(17)21-20(24)19-8-5-13-22(19)28(25,26)16-11-9-15(27-2)10-12-16/h3-4,6-7,9-12,19H,5,8,13H2,1-2H3,(H,21,24). The second-order valence-corrected chi connectivity index (χ2v) is 8.43. The summed E-state index contributed by atoms with van der Waals surface area (Å²) in [7, 11) is -2.32. The van der Waals surface area contributed by atoms with Gasteiger partial charge in [0, 0.05) is 12.1 Å². The number of sulfonamides is 1. The third-order valence-electron chi connectivity index (χ3n) is 4.74. The molecule has 1 saturated heterocycles. The number of benzene rings is 2. The average molecular weight is 402 g/mol. The van der Waals surface area contributed by atoms with Crippen LogP contribution in [0.1, 0.15) is 30.1 Å². The molecule has 0 spiro atoms. The molecule has 1 amide bonds. The minimum absolute atomic E-state index is 0.108. The van der Waals surface area contributed by atoms with Gasteiger partial charge < -0.3 is 10.1 Å². The fourth-order valence-corrected chi connectivity index (χ4v) is 4.94. The molecule has 1 aliphatic heterocycles. The van der Waals surface area contributed by atoms with Crippen LogP contribution in [0.25, 0.3) is 0 Å². The Morgan fingerprint density at radius 1 is 1.11 bits per heavy atom. The summed E-state index contributed by atoms with van der Waals surface area (Å²) in [5, 5.41) is 2.72. The van der Waals surface area contributed by atoms with Crippen LogP contribution in [-0.4, -0.2) is 44.1 Å². The summed E-state index contributed by atoms with van der Waals surface area (Å²) in [6, 6.07) is 11.9. The molecule has 28 heavy (non-hydrogen) atoms. The molecule has 8 heteroatoms. The average Bonchev–Trinajstić information content (AvgIpc) is 3.19. The number of hydrogen-bond acceptors (Lipinski definition) is 5. The highest BCUT2D eigenvalue weighted by atomic mass is 32.2. The molecule has 1 unspecified atom stereocenters. The van der Waals surface area contributed by atoms with E-state index in [1.54, 1.807) is 36.4 Å². The van der Waals surface area contributed by atoms with Gasteiger partial charge in [-0.15, -0.1) is 0 Å². The van der Waals surface area contributed by atoms with E-state index in [4.69, 9.17) is 4.74 Å². The van der Waals surface area contributed by atoms with Crippen molar-refractivity contribution in [3.63, 3.8) is 0 Å². The SMILES string of the molecule is COc1ccc(S(=O)(=O)N2CCCC2C(=O)Nc2ccccc2C(C)=O)cc1. The topological polar surface area (TPSA) is 92.8 Å². The van der Waals surface area contributed by atoms with Gasteiger partial charge >= 0.3 is 0 Å². The molecule has 1 atom stereocenters. The molecule has 1 N–H and O–H groups in total. The molecule has 2 aromatic carbocycles. The van der Waals surface area contributed by atoms with Crippen LogP contribution in [-0.2, 0) is 14.8 Å². The fourth-order valence-electron chi connectivity index (χ4n) is 3.29. The van der Waals surface area contributed by atoms with Gasteiger partial charge in [-0.05, 0) is 56.2 Å². The Balaban J connectivity index is 1.84. The molecular formula is C20H22N2O5S. The number of carbonyl (C=O) groups excluding carboxylic acids is 2. The van der Waals surface area contributed by atoms with Crippen LogP contribution in [0, 0.1) is 0 Å². The predicted molar refractivity (Wildman–Crippen MR) is 105 cm³/mol. The van der Waals surface area contributed by atoms with Crippen LogP contribution in [0.5, 0.6) is 5.75 Å². The maximum absolute atomic E-state index is 13.0. The molecule has 0 aromatic heterocycles. The summed E-state index contributed by atoms with van der Waals surface area (Å²) in [4.78, 5) is 24.7. The number of ketones is 1. The van der Waals surface area contributed by atoms with Crippen LogP contribution in [0.3, 0.4) is 0 Å². The van der Waals surface area contributed by atoms with Crippen LogP contribution < -0.4 is 10.1 Å². The van der Waals surface area contributed by atoms with E-state index in [1.807, 2.05) is 0 Å². The highest BCUT2D eigenvalue weighted by Gasteiger charge is 2.39. The van der Waals surface area contributed by atoms with E-state index in [0.717, 1.165) is 0 Å². The Labute approximate surface area is 164 Å². The van der Waals surface area contributed by atoms with Gasteiger partial charge in [0.1, 0.15) is 11.8 Å². The van der Waals surface area contributed by atoms with Crippen LogP contribution in [0.4, 0.5) is 5.69 Å². The van der Waals surface area contributed by atoms with E-state index in [-0.39, 0.29) is 17.2 Å². The molecular weight excluding hydrogens is 380 g/mol. The third kappa shape index (κ3) is 3.93. The van der Waals surface area contributed by atoms with E-state index in [9.17, 15) is 18.0 Å². The maximum atomic E-state index is 13.0. The molecule has 1 heterocycles. The molecule has 1 fully saturated rings. The number of para-hydroxylation sites is 1. The molecule has 0 saturated carbocycles. The van der Waals surface area contributed by atoms with Gasteiger partial charge in [0.2, 0.25) is 15.9 Å². The number of nitrogens with one attached hydrogen (secondary N) is 1. The number of anilines is 1. The van der Waals surface area contributed by atoms with E-state index in [2.05, 4.69) is 5.32 Å². The van der Waals surface area contributed by atoms with Crippen molar-refractivity contribution in [1.82, 2.24) is 4.31 Å². The van der Waals surface area contributed by atoms with Crippen molar-refractivity contribution in [3.05, 3.63) is 54.1 Å². The van der Waals surface area contributed by atoms with Crippen molar-refractivity contribution in [3.8, 4) is 5.75 Å². The third-order valence-corrected chi connectivity index (χ3v) is 6.66. The van der Waals surface area contributed by atoms with Crippen molar-refractivity contribution >= 4 is 27.4 Å². The smallest absolute Gasteiger partial charge is 0.243 e. The predicted octanol–water partition coefficient (Wildman–Crippen LogP) is 2.69. The van der Waals surface area contributed by atoms with E-state index in [1.165, 1.54) is 30.5 Å². The Kier molecular flexibility index (Phi) is 5.81. The lowest BCUT2D eigenvalue weighted by atomic mass is 10.1. The van der Waals surface area contributed by atoms with Gasteiger partial charge in [0.25, 0.3) is 0 Å². The summed E-state index contributed by atoms with van der Waals surface area (Å²) in [6.45, 7) is 1.68. The Morgan fingerprint density at radius 3 is 2.43 bits per heavy atom. The lowest BCUT2D eigenvalue weighted by Crippen LogP contribution is -2.43. The van der Waals surface area contributed by atoms with E-state index < -0.39 is 22.0 Å². The number of rotatable bonds is 6. The van der Waals surface area contributed by atoms with Gasteiger partial charge in [-0.3, -0.25) is 9.59 Å². The van der Waals surface area contributed by atoms with E-state index in [0.29, 0.717) is 29.8 Å². The highest BCUT2D eigenvalue weighted by molar-refractivity contribution is 7.89. The minimum Gasteiger partial charge on any atom is -0.497 e. The summed E-state index contributed by atoms with van der Waals surface area (Å²) >= 11 is 0. The number of amides is 1. The number of methoxy groups -OCH3 is 1. The first kappa shape index (κ1) is 20.0. The van der Waals surface area contributed by atoms with Crippen molar-refractivity contribution in [2.24, 2.45) is 0 Å². The fraction of sp³-hybridized carbons (Fsp3) is 0.300. The van der Waals surface area contributed by atoms with Crippen molar-refractivity contribution in [2.45, 2.75) is 30.7 Å². The highest BCUT2D eigenvalue weighted by Crippen LogP contribution is 2.28. The van der Waals surface area contributed by atoms with Crippen LogP contribution in [0.2, 0.25) is 0 Å². The zero-order valence-corrected chi connectivity index (χ0v) is 16.5. The maximum Gasteiger partial charge on any atom is 0.243 e. The molecule has 1 aliphatic rings. The van der Waals surface area contributed by atoms with Crippen LogP contribution in [0.15, 0.2) is 53.4 Å². The summed E-state index contributed by atoms with van der Waals surface area (Å²) in [5.41, 5.74) is 0.770. The molecule has 148 valence electrons. The van der Waals surface area contributed by atoms with Gasteiger partial charge in [-0.2, -0.15) is 4.31 Å². The molecule has 2 aromatic rings. The number of Topliss-reactive ketones (excluding diaryl/α,β-unsaturated/α-hetero) is 1. The minimum atomic E-state index is -3.83. The quantitative estimate of drug-likeness (QED) is 0.750. The number of carbonyl (C=O) groups is 2. The van der Waals surface area contributed by atoms with Gasteiger partial charge in [0.05, 0.1) is 17.7 Å². The zero-order valence-electron chi connectivity index (χ0n) is 15.7. The zero-order chi connectivity index (χ0) is 20.3. The summed E-state index contributed by atoms with van der Waals surface area (Å²) in [5.74, 6) is -0.0659. The number of hydrogen-bond donors (Lipinski definition) is 1. The Morgan fingerprint density at radius 2 is 1.79 bits per heavy atom. The first-order valence-corrected chi connectivity index (χ1v) is 10.4. The Bertz CT molecular complexity index is 986. The van der Waals surface area contributed by atoms with E-state index >= 15 is 0 Å². The molecule has 3 rings (SSSR count). The summed E-state index contributed by atoms with van der Waals surface area (Å²) in [6.07, 6.45) is 1.01. The summed E-state index contributed by atoms with van der Waals surface area (Å²) < 4.78 is 32.3. The first-order valence-electron chi connectivity index (χ1n) is 8.91. The Hall–Kier alpha value is -2.71. The van der Waals surface area contributed by atoms with Crippen molar-refractivity contribution in [1.29, 1.82) is 0 Å². The lowest BCUT2D eigenvalue weighted by molar-refractivity contribution is -0.119. The first-order chi connectivity index (χ1) is 13.3. The van der Waals surface area contributed by atoms with Gasteiger partial charge in [-0.25, -0.2) is 8.42 Å².